The lowest BCUT2D eigenvalue weighted by Gasteiger charge is -2.27. The quantitative estimate of drug-likeness (QED) is 0.172. The van der Waals surface area contributed by atoms with Crippen LogP contribution < -0.4 is 9.47 Å². The summed E-state index contributed by atoms with van der Waals surface area (Å²) in [5.74, 6) is -1.87. The van der Waals surface area contributed by atoms with Crippen molar-refractivity contribution in [2.75, 3.05) is 21.3 Å². The van der Waals surface area contributed by atoms with Gasteiger partial charge in [0.2, 0.25) is 0 Å². The van der Waals surface area contributed by atoms with Crippen molar-refractivity contribution in [2.45, 2.75) is 63.9 Å². The zero-order valence-electron chi connectivity index (χ0n) is 26.7. The van der Waals surface area contributed by atoms with Crippen LogP contribution in [-0.4, -0.2) is 57.1 Å². The second-order valence-corrected chi connectivity index (χ2v) is 11.4. The summed E-state index contributed by atoms with van der Waals surface area (Å²) in [6, 6.07) is 9.35. The van der Waals surface area contributed by atoms with Crippen LogP contribution >= 0.6 is 0 Å². The molecule has 0 spiro atoms. The van der Waals surface area contributed by atoms with Crippen LogP contribution in [0.5, 0.6) is 11.5 Å². The number of benzene rings is 2. The van der Waals surface area contributed by atoms with E-state index in [0.29, 0.717) is 66.7 Å². The molecule has 0 aliphatic carbocycles. The molecule has 0 radical (unpaired) electrons. The number of ether oxygens (including phenoxy) is 5. The van der Waals surface area contributed by atoms with Crippen LogP contribution in [0.15, 0.2) is 46.9 Å². The number of Topliss-reactive ketones (excluding diaryl/α,β-unsaturated/α-hetero) is 1. The molecular weight excluding hydrogens is 608 g/mol. The van der Waals surface area contributed by atoms with Crippen LogP contribution in [0.3, 0.4) is 0 Å². The highest BCUT2D eigenvalue weighted by Gasteiger charge is 2.37. The Morgan fingerprint density at radius 2 is 1.60 bits per heavy atom. The van der Waals surface area contributed by atoms with E-state index in [4.69, 9.17) is 28.1 Å². The standard InChI is InChI=1S/C36H36O11/c1-20-9-8-12-25(37)11-7-5-6-10-21-18-29-32(33(42-2)31(21)36(41)45-20)26(19-30(38)47-29)28-14-13-27(46-28)22-15-23(34(39)43-3)17-24(16-22)35(40)44-4/h6,10,13-18,20,26H,5,7-9,11-12,19H2,1-4H3/t20-,26-/m1/s1. The molecule has 11 nitrogen and oxygen atoms in total. The van der Waals surface area contributed by atoms with E-state index < -0.39 is 35.9 Å². The third-order valence-electron chi connectivity index (χ3n) is 8.19. The smallest absolute Gasteiger partial charge is 0.342 e. The number of methoxy groups -OCH3 is 3. The van der Waals surface area contributed by atoms with Gasteiger partial charge in [0.25, 0.3) is 0 Å². The molecular formula is C36H36O11. The Kier molecular flexibility index (Phi) is 10.2. The normalized spacial score (nSPS) is 18.6. The molecule has 0 unspecified atom stereocenters. The monoisotopic (exact) mass is 644 g/mol. The molecule has 3 heterocycles. The average molecular weight is 645 g/mol. The number of hydrogen-bond acceptors (Lipinski definition) is 11. The van der Waals surface area contributed by atoms with Gasteiger partial charge in [-0.3, -0.25) is 9.59 Å². The van der Waals surface area contributed by atoms with Crippen LogP contribution in [0, 0.1) is 0 Å². The summed E-state index contributed by atoms with van der Waals surface area (Å²) < 4.78 is 33.3. The highest BCUT2D eigenvalue weighted by molar-refractivity contribution is 5.99. The summed E-state index contributed by atoms with van der Waals surface area (Å²) in [5.41, 5.74) is 1.71. The zero-order valence-corrected chi connectivity index (χ0v) is 26.7. The number of carbonyl (C=O) groups is 5. The number of furan rings is 1. The summed E-state index contributed by atoms with van der Waals surface area (Å²) in [4.78, 5) is 63.6. The van der Waals surface area contributed by atoms with Crippen LogP contribution in [-0.2, 0) is 23.8 Å². The highest BCUT2D eigenvalue weighted by Crippen LogP contribution is 2.48. The number of esters is 4. The Balaban J connectivity index is 1.60. The van der Waals surface area contributed by atoms with Crippen LogP contribution in [0.25, 0.3) is 17.4 Å². The average Bonchev–Trinajstić information content (AvgIpc) is 3.56. The summed E-state index contributed by atoms with van der Waals surface area (Å²) in [5, 5.41) is 0. The maximum Gasteiger partial charge on any atom is 0.342 e. The fourth-order valence-corrected chi connectivity index (χ4v) is 5.89. The van der Waals surface area contributed by atoms with E-state index in [1.54, 1.807) is 31.2 Å². The van der Waals surface area contributed by atoms with E-state index in [0.717, 1.165) is 0 Å². The maximum absolute atomic E-state index is 13.7. The molecule has 1 aromatic heterocycles. The number of allylic oxidation sites excluding steroid dienone is 1. The first kappa shape index (κ1) is 33.2. The molecule has 47 heavy (non-hydrogen) atoms. The van der Waals surface area contributed by atoms with Gasteiger partial charge in [-0.05, 0) is 74.6 Å². The molecule has 0 N–H and O–H groups in total. The Bertz CT molecular complexity index is 1710. The molecule has 5 rings (SSSR count). The Morgan fingerprint density at radius 1 is 0.894 bits per heavy atom. The van der Waals surface area contributed by atoms with E-state index in [1.165, 1.54) is 39.5 Å². The minimum atomic E-state index is -0.711. The van der Waals surface area contributed by atoms with Gasteiger partial charge in [-0.25, -0.2) is 14.4 Å². The molecule has 2 atom stereocenters. The van der Waals surface area contributed by atoms with Crippen LogP contribution in [0.4, 0.5) is 0 Å². The first-order valence-corrected chi connectivity index (χ1v) is 15.4. The predicted molar refractivity (Wildman–Crippen MR) is 169 cm³/mol. The van der Waals surface area contributed by atoms with Gasteiger partial charge in [0, 0.05) is 24.0 Å². The lowest BCUT2D eigenvalue weighted by molar-refractivity contribution is -0.135. The van der Waals surface area contributed by atoms with Gasteiger partial charge in [0.05, 0.1) is 50.9 Å². The van der Waals surface area contributed by atoms with Crippen molar-refractivity contribution in [2.24, 2.45) is 0 Å². The molecule has 0 amide bonds. The summed E-state index contributed by atoms with van der Waals surface area (Å²) >= 11 is 0. The fourth-order valence-electron chi connectivity index (χ4n) is 5.89. The van der Waals surface area contributed by atoms with Gasteiger partial charge in [-0.2, -0.15) is 0 Å². The van der Waals surface area contributed by atoms with Crippen LogP contribution in [0.2, 0.25) is 0 Å². The number of hydrogen-bond donors (Lipinski definition) is 0. The second-order valence-electron chi connectivity index (χ2n) is 11.4. The van der Waals surface area contributed by atoms with Crippen molar-refractivity contribution in [3.63, 3.8) is 0 Å². The van der Waals surface area contributed by atoms with Crippen molar-refractivity contribution in [1.29, 1.82) is 0 Å². The molecule has 2 aliphatic heterocycles. The summed E-state index contributed by atoms with van der Waals surface area (Å²) in [6.07, 6.45) is 6.39. The van der Waals surface area contributed by atoms with E-state index in [-0.39, 0.29) is 40.4 Å². The third kappa shape index (κ3) is 7.29. The molecule has 2 aliphatic rings. The third-order valence-corrected chi connectivity index (χ3v) is 8.19. The molecule has 2 aromatic carbocycles. The predicted octanol–water partition coefficient (Wildman–Crippen LogP) is 6.45. The number of carbonyl (C=O) groups excluding carboxylic acids is 5. The van der Waals surface area contributed by atoms with Crippen molar-refractivity contribution < 1.29 is 52.1 Å². The maximum atomic E-state index is 13.7. The van der Waals surface area contributed by atoms with E-state index in [9.17, 15) is 24.0 Å². The second kappa shape index (κ2) is 14.5. The van der Waals surface area contributed by atoms with Gasteiger partial charge < -0.3 is 28.1 Å². The first-order valence-electron chi connectivity index (χ1n) is 15.4. The van der Waals surface area contributed by atoms with Gasteiger partial charge in [0.1, 0.15) is 34.4 Å². The Morgan fingerprint density at radius 3 is 2.28 bits per heavy atom. The summed E-state index contributed by atoms with van der Waals surface area (Å²) in [6.45, 7) is 1.78. The van der Waals surface area contributed by atoms with E-state index >= 15 is 0 Å². The zero-order chi connectivity index (χ0) is 33.7. The van der Waals surface area contributed by atoms with Crippen molar-refractivity contribution in [3.8, 4) is 22.8 Å². The van der Waals surface area contributed by atoms with E-state index in [2.05, 4.69) is 0 Å². The molecule has 0 saturated heterocycles. The van der Waals surface area contributed by atoms with Gasteiger partial charge in [-0.1, -0.05) is 12.2 Å². The topological polar surface area (TPSA) is 145 Å². The van der Waals surface area contributed by atoms with Gasteiger partial charge in [0.15, 0.2) is 0 Å². The largest absolute Gasteiger partial charge is 0.495 e. The SMILES string of the molecule is COC(=O)c1cc(C(=O)OC)cc(-c2ccc([C@H]3CC(=O)Oc4cc5c(c(OC)c43)C(=O)O[C@H](C)CCCC(=O)CCCC=C5)o2)c1. The van der Waals surface area contributed by atoms with Crippen molar-refractivity contribution >= 4 is 35.7 Å². The number of fused-ring (bicyclic) bond motifs is 2. The van der Waals surface area contributed by atoms with Crippen molar-refractivity contribution in [3.05, 3.63) is 76.1 Å². The molecule has 0 bridgehead atoms. The Labute approximate surface area is 271 Å². The van der Waals surface area contributed by atoms with Gasteiger partial charge in [-0.15, -0.1) is 0 Å². The highest BCUT2D eigenvalue weighted by atomic mass is 16.6. The summed E-state index contributed by atoms with van der Waals surface area (Å²) in [7, 11) is 3.90. The Hall–Kier alpha value is -5.19. The first-order chi connectivity index (χ1) is 22.6. The number of ketones is 1. The molecule has 246 valence electrons. The minimum absolute atomic E-state index is 0.111. The lowest BCUT2D eigenvalue weighted by Crippen LogP contribution is -2.24. The molecule has 3 aromatic rings. The van der Waals surface area contributed by atoms with Gasteiger partial charge >= 0.3 is 23.9 Å². The number of rotatable bonds is 5. The molecule has 11 heteroatoms. The minimum Gasteiger partial charge on any atom is -0.495 e. The molecule has 0 saturated carbocycles. The fraction of sp³-hybridized carbons (Fsp3) is 0.361. The van der Waals surface area contributed by atoms with Crippen molar-refractivity contribution in [1.82, 2.24) is 0 Å². The lowest BCUT2D eigenvalue weighted by atomic mass is 9.86. The van der Waals surface area contributed by atoms with E-state index in [1.807, 2.05) is 6.08 Å². The molecule has 0 fully saturated rings. The van der Waals surface area contributed by atoms with Crippen LogP contribution in [0.1, 0.15) is 106 Å². The number of cyclic esters (lactones) is 1.